The van der Waals surface area contributed by atoms with Crippen LogP contribution in [0.1, 0.15) is 43.7 Å². The smallest absolute Gasteiger partial charge is 0.310 e. The molecule has 0 amide bonds. The Morgan fingerprint density at radius 2 is 1.50 bits per heavy atom. The van der Waals surface area contributed by atoms with Crippen molar-refractivity contribution < 1.29 is 9.53 Å². The van der Waals surface area contributed by atoms with E-state index in [4.69, 9.17) is 4.74 Å². The predicted molar refractivity (Wildman–Crippen MR) is 120 cm³/mol. The molecule has 2 aliphatic heterocycles. The average molecular weight is 407 g/mol. The number of hydrogen-bond acceptors (Lipinski definition) is 4. The van der Waals surface area contributed by atoms with Gasteiger partial charge in [0.05, 0.1) is 12.5 Å². The molecule has 0 bridgehead atoms. The van der Waals surface area contributed by atoms with Gasteiger partial charge in [-0.1, -0.05) is 60.7 Å². The lowest BCUT2D eigenvalue weighted by molar-refractivity contribution is -0.155. The van der Waals surface area contributed by atoms with Crippen molar-refractivity contribution in [1.82, 2.24) is 9.80 Å². The third-order valence-electron chi connectivity index (χ3n) is 6.65. The average Bonchev–Trinajstić information content (AvgIpc) is 2.79. The number of benzene rings is 2. The Morgan fingerprint density at radius 3 is 2.07 bits per heavy atom. The highest BCUT2D eigenvalue weighted by Crippen LogP contribution is 2.35. The minimum atomic E-state index is -0.0157. The molecule has 2 aromatic rings. The molecule has 2 aromatic carbocycles. The summed E-state index contributed by atoms with van der Waals surface area (Å²) in [5.41, 5.74) is 2.66. The fourth-order valence-corrected chi connectivity index (χ4v) is 5.37. The molecule has 30 heavy (non-hydrogen) atoms. The van der Waals surface area contributed by atoms with E-state index in [1.54, 1.807) is 0 Å². The van der Waals surface area contributed by atoms with E-state index in [1.165, 1.54) is 17.5 Å². The van der Waals surface area contributed by atoms with Crippen molar-refractivity contribution in [1.29, 1.82) is 0 Å². The molecule has 0 radical (unpaired) electrons. The Kier molecular flexibility index (Phi) is 7.19. The minimum absolute atomic E-state index is 0.00141. The van der Waals surface area contributed by atoms with Gasteiger partial charge in [0.2, 0.25) is 0 Å². The van der Waals surface area contributed by atoms with Crippen molar-refractivity contribution in [2.75, 3.05) is 19.7 Å². The molecule has 0 saturated carbocycles. The Bertz CT molecular complexity index is 752. The van der Waals surface area contributed by atoms with Gasteiger partial charge in [-0.25, -0.2) is 0 Å². The molecule has 2 saturated heterocycles. The number of piperidine rings is 2. The molecule has 0 aromatic heterocycles. The maximum absolute atomic E-state index is 12.9. The van der Waals surface area contributed by atoms with E-state index in [9.17, 15) is 4.79 Å². The number of fused-ring (bicyclic) bond motifs is 1. The topological polar surface area (TPSA) is 32.8 Å². The number of esters is 1. The van der Waals surface area contributed by atoms with E-state index in [0.717, 1.165) is 45.4 Å². The SMILES string of the molecule is CCOC(=O)[C@H]1CCCN2CCC[C@H](N(Cc3ccccc3)Cc3ccccc3)[C@@H]12. The highest BCUT2D eigenvalue weighted by Gasteiger charge is 2.45. The third kappa shape index (κ3) is 4.93. The number of rotatable bonds is 7. The van der Waals surface area contributed by atoms with Crippen LogP contribution < -0.4 is 0 Å². The number of nitrogens with zero attached hydrogens (tertiary/aromatic N) is 2. The van der Waals surface area contributed by atoms with Crippen molar-refractivity contribution in [3.8, 4) is 0 Å². The number of carbonyl (C=O) groups is 1. The lowest BCUT2D eigenvalue weighted by atomic mass is 9.79. The molecule has 0 spiro atoms. The van der Waals surface area contributed by atoms with E-state index < -0.39 is 0 Å². The molecule has 4 rings (SSSR count). The van der Waals surface area contributed by atoms with Crippen LogP contribution >= 0.6 is 0 Å². The summed E-state index contributed by atoms with van der Waals surface area (Å²) in [4.78, 5) is 18.1. The Morgan fingerprint density at radius 1 is 0.933 bits per heavy atom. The van der Waals surface area contributed by atoms with Gasteiger partial charge < -0.3 is 4.74 Å². The van der Waals surface area contributed by atoms with Crippen LogP contribution in [0.15, 0.2) is 60.7 Å². The van der Waals surface area contributed by atoms with Crippen LogP contribution in [-0.4, -0.2) is 47.5 Å². The summed E-state index contributed by atoms with van der Waals surface area (Å²) < 4.78 is 5.51. The standard InChI is InChI=1S/C26H34N2O2/c1-2-30-26(29)23-15-9-17-27-18-10-16-24(25(23)27)28(19-21-11-5-3-6-12-21)20-22-13-7-4-8-14-22/h3-8,11-14,23-25H,2,9-10,15-20H2,1H3/t23-,24-,25+/m0/s1. The molecule has 4 heteroatoms. The molecule has 2 fully saturated rings. The second-order valence-corrected chi connectivity index (χ2v) is 8.61. The second-order valence-electron chi connectivity index (χ2n) is 8.61. The van der Waals surface area contributed by atoms with Crippen molar-refractivity contribution in [2.45, 2.75) is 57.8 Å². The molecule has 4 nitrogen and oxygen atoms in total. The van der Waals surface area contributed by atoms with Crippen LogP contribution in [0.2, 0.25) is 0 Å². The van der Waals surface area contributed by atoms with Crippen molar-refractivity contribution >= 4 is 5.97 Å². The first kappa shape index (κ1) is 21.1. The van der Waals surface area contributed by atoms with Gasteiger partial charge in [-0.15, -0.1) is 0 Å². The monoisotopic (exact) mass is 406 g/mol. The summed E-state index contributed by atoms with van der Waals surface area (Å²) in [5.74, 6) is -0.0171. The van der Waals surface area contributed by atoms with Gasteiger partial charge in [0.1, 0.15) is 0 Å². The summed E-state index contributed by atoms with van der Waals surface area (Å²) >= 11 is 0. The van der Waals surface area contributed by atoms with Crippen molar-refractivity contribution in [3.05, 3.63) is 71.8 Å². The van der Waals surface area contributed by atoms with E-state index in [1.807, 2.05) is 6.92 Å². The molecule has 0 N–H and O–H groups in total. The van der Waals surface area contributed by atoms with Crippen LogP contribution in [-0.2, 0) is 22.6 Å². The molecule has 0 unspecified atom stereocenters. The first-order chi connectivity index (χ1) is 14.8. The second kappa shape index (κ2) is 10.2. The first-order valence-corrected chi connectivity index (χ1v) is 11.5. The van der Waals surface area contributed by atoms with E-state index in [-0.39, 0.29) is 17.9 Å². The normalized spacial score (nSPS) is 24.4. The van der Waals surface area contributed by atoms with Gasteiger partial charge in [-0.2, -0.15) is 0 Å². The Balaban J connectivity index is 1.63. The largest absolute Gasteiger partial charge is 0.466 e. The lowest BCUT2D eigenvalue weighted by Crippen LogP contribution is -2.61. The summed E-state index contributed by atoms with van der Waals surface area (Å²) in [7, 11) is 0. The molecular weight excluding hydrogens is 372 g/mol. The molecular formula is C26H34N2O2. The number of hydrogen-bond donors (Lipinski definition) is 0. The molecule has 2 heterocycles. The number of ether oxygens (including phenoxy) is 1. The van der Waals surface area contributed by atoms with Gasteiger partial charge in [0.25, 0.3) is 0 Å². The van der Waals surface area contributed by atoms with Crippen molar-refractivity contribution in [3.63, 3.8) is 0 Å². The third-order valence-corrected chi connectivity index (χ3v) is 6.65. The Hall–Kier alpha value is -2.17. The zero-order valence-corrected chi connectivity index (χ0v) is 18.1. The fraction of sp³-hybridized carbons (Fsp3) is 0.500. The van der Waals surface area contributed by atoms with E-state index >= 15 is 0 Å². The molecule has 3 atom stereocenters. The van der Waals surface area contributed by atoms with Crippen LogP contribution in [0.5, 0.6) is 0 Å². The summed E-state index contributed by atoms with van der Waals surface area (Å²) in [6.45, 7) is 6.38. The molecule has 2 aliphatic rings. The van der Waals surface area contributed by atoms with Crippen LogP contribution in [0.25, 0.3) is 0 Å². The van der Waals surface area contributed by atoms with Gasteiger partial charge in [-0.05, 0) is 56.8 Å². The van der Waals surface area contributed by atoms with Gasteiger partial charge in [0.15, 0.2) is 0 Å². The first-order valence-electron chi connectivity index (χ1n) is 11.5. The fourth-order valence-electron chi connectivity index (χ4n) is 5.37. The van der Waals surface area contributed by atoms with Crippen molar-refractivity contribution in [2.24, 2.45) is 5.92 Å². The summed E-state index contributed by atoms with van der Waals surface area (Å²) in [5, 5.41) is 0. The minimum Gasteiger partial charge on any atom is -0.466 e. The van der Waals surface area contributed by atoms with E-state index in [2.05, 4.69) is 70.5 Å². The van der Waals surface area contributed by atoms with Crippen LogP contribution in [0, 0.1) is 5.92 Å². The van der Waals surface area contributed by atoms with Gasteiger partial charge in [-0.3, -0.25) is 14.6 Å². The molecule has 160 valence electrons. The lowest BCUT2D eigenvalue weighted by Gasteiger charge is -2.51. The van der Waals surface area contributed by atoms with E-state index in [0.29, 0.717) is 12.6 Å². The zero-order valence-electron chi connectivity index (χ0n) is 18.1. The Labute approximate surface area is 180 Å². The van der Waals surface area contributed by atoms with Gasteiger partial charge >= 0.3 is 5.97 Å². The highest BCUT2D eigenvalue weighted by molar-refractivity contribution is 5.73. The highest BCUT2D eigenvalue weighted by atomic mass is 16.5. The predicted octanol–water partition coefficient (Wildman–Crippen LogP) is 4.49. The van der Waals surface area contributed by atoms with Crippen LogP contribution in [0.3, 0.4) is 0 Å². The zero-order chi connectivity index (χ0) is 20.8. The maximum Gasteiger partial charge on any atom is 0.310 e. The molecule has 0 aliphatic carbocycles. The summed E-state index contributed by atoms with van der Waals surface area (Å²) in [6, 6.07) is 22.1. The van der Waals surface area contributed by atoms with Crippen LogP contribution in [0.4, 0.5) is 0 Å². The summed E-state index contributed by atoms with van der Waals surface area (Å²) in [6.07, 6.45) is 4.36. The maximum atomic E-state index is 12.9. The quantitative estimate of drug-likeness (QED) is 0.634. The van der Waals surface area contributed by atoms with Gasteiger partial charge in [0, 0.05) is 25.2 Å². The number of carbonyl (C=O) groups excluding carboxylic acids is 1.